The van der Waals surface area contributed by atoms with Crippen LogP contribution in [0.4, 0.5) is 13.2 Å². The van der Waals surface area contributed by atoms with Gasteiger partial charge in [0.25, 0.3) is 0 Å². The van der Waals surface area contributed by atoms with Crippen molar-refractivity contribution < 1.29 is 27.4 Å². The molecule has 82 valence electrons. The van der Waals surface area contributed by atoms with Gasteiger partial charge in [0.05, 0.1) is 0 Å². The lowest BCUT2D eigenvalue weighted by Crippen LogP contribution is -2.17. The minimum absolute atomic E-state index is 0.142. The van der Waals surface area contributed by atoms with E-state index in [4.69, 9.17) is 4.74 Å². The van der Waals surface area contributed by atoms with E-state index in [9.17, 15) is 18.0 Å². The summed E-state index contributed by atoms with van der Waals surface area (Å²) in [5.74, 6) is -0.241. The summed E-state index contributed by atoms with van der Waals surface area (Å²) in [6.07, 6.45) is -4.24. The highest BCUT2D eigenvalue weighted by atomic mass is 19.4. The van der Waals surface area contributed by atoms with Gasteiger partial charge in [0, 0.05) is 6.07 Å². The fraction of sp³-hybridized carbons (Fsp3) is 0.222. The standard InChI is InChI=1S/C9H7F3O3/c10-9(11,12)15-8-3-1-2-7(6-8)14-5-4-13/h1-4,6H,5H2. The van der Waals surface area contributed by atoms with E-state index in [0.717, 1.165) is 12.1 Å². The van der Waals surface area contributed by atoms with Crippen LogP contribution < -0.4 is 9.47 Å². The van der Waals surface area contributed by atoms with E-state index in [-0.39, 0.29) is 18.1 Å². The maximum absolute atomic E-state index is 11.8. The maximum atomic E-state index is 11.8. The second-order valence-corrected chi connectivity index (χ2v) is 2.50. The van der Waals surface area contributed by atoms with Crippen molar-refractivity contribution in [2.45, 2.75) is 6.36 Å². The van der Waals surface area contributed by atoms with E-state index in [2.05, 4.69) is 4.74 Å². The Morgan fingerprint density at radius 2 is 1.93 bits per heavy atom. The monoisotopic (exact) mass is 220 g/mol. The van der Waals surface area contributed by atoms with Crippen LogP contribution in [0.25, 0.3) is 0 Å². The van der Waals surface area contributed by atoms with Crippen LogP contribution in [0.3, 0.4) is 0 Å². The Bertz CT molecular complexity index is 336. The molecular weight excluding hydrogens is 213 g/mol. The Labute approximate surface area is 83.4 Å². The van der Waals surface area contributed by atoms with E-state index < -0.39 is 6.36 Å². The van der Waals surface area contributed by atoms with Crippen LogP contribution >= 0.6 is 0 Å². The van der Waals surface area contributed by atoms with Gasteiger partial charge in [-0.05, 0) is 12.1 Å². The fourth-order valence-electron chi connectivity index (χ4n) is 0.891. The molecule has 0 fully saturated rings. The van der Waals surface area contributed by atoms with Crippen LogP contribution in [0.1, 0.15) is 0 Å². The Kier molecular flexibility index (Phi) is 3.54. The van der Waals surface area contributed by atoms with Gasteiger partial charge in [0.15, 0.2) is 6.29 Å². The molecule has 0 amide bonds. The first-order valence-corrected chi connectivity index (χ1v) is 3.93. The molecule has 0 radical (unpaired) electrons. The number of aldehydes is 1. The number of halogens is 3. The average molecular weight is 220 g/mol. The van der Waals surface area contributed by atoms with E-state index in [1.165, 1.54) is 12.1 Å². The molecule has 1 rings (SSSR count). The molecule has 1 aromatic rings. The van der Waals surface area contributed by atoms with Crippen molar-refractivity contribution in [3.05, 3.63) is 24.3 Å². The SMILES string of the molecule is O=CCOc1cccc(OC(F)(F)F)c1. The molecule has 0 saturated heterocycles. The summed E-state index contributed by atoms with van der Waals surface area (Å²) in [7, 11) is 0. The molecule has 0 aromatic heterocycles. The van der Waals surface area contributed by atoms with Crippen molar-refractivity contribution in [2.24, 2.45) is 0 Å². The van der Waals surface area contributed by atoms with Crippen LogP contribution in [-0.2, 0) is 4.79 Å². The largest absolute Gasteiger partial charge is 0.573 e. The molecule has 3 nitrogen and oxygen atoms in total. The van der Waals surface area contributed by atoms with Gasteiger partial charge in [-0.1, -0.05) is 6.07 Å². The smallest absolute Gasteiger partial charge is 0.486 e. The van der Waals surface area contributed by atoms with Gasteiger partial charge in [-0.25, -0.2) is 0 Å². The first kappa shape index (κ1) is 11.4. The molecule has 0 N–H and O–H groups in total. The molecule has 15 heavy (non-hydrogen) atoms. The summed E-state index contributed by atoms with van der Waals surface area (Å²) in [6, 6.07) is 4.95. The molecule has 0 bridgehead atoms. The van der Waals surface area contributed by atoms with E-state index in [1.54, 1.807) is 0 Å². The predicted molar refractivity (Wildman–Crippen MR) is 44.7 cm³/mol. The lowest BCUT2D eigenvalue weighted by Gasteiger charge is -2.09. The minimum atomic E-state index is -4.73. The van der Waals surface area contributed by atoms with Gasteiger partial charge < -0.3 is 9.47 Å². The lowest BCUT2D eigenvalue weighted by molar-refractivity contribution is -0.274. The number of benzene rings is 1. The highest BCUT2D eigenvalue weighted by Gasteiger charge is 2.31. The van der Waals surface area contributed by atoms with Gasteiger partial charge in [-0.3, -0.25) is 4.79 Å². The average Bonchev–Trinajstić information content (AvgIpc) is 2.12. The summed E-state index contributed by atoms with van der Waals surface area (Å²) in [5, 5.41) is 0. The Balaban J connectivity index is 2.69. The topological polar surface area (TPSA) is 35.5 Å². The van der Waals surface area contributed by atoms with Crippen LogP contribution in [0, 0.1) is 0 Å². The minimum Gasteiger partial charge on any atom is -0.486 e. The molecule has 0 atom stereocenters. The van der Waals surface area contributed by atoms with Gasteiger partial charge in [-0.15, -0.1) is 13.2 Å². The zero-order chi connectivity index (χ0) is 11.3. The first-order valence-electron chi connectivity index (χ1n) is 3.93. The summed E-state index contributed by atoms with van der Waals surface area (Å²) < 4.78 is 43.9. The second kappa shape index (κ2) is 4.68. The van der Waals surface area contributed by atoms with Gasteiger partial charge in [0.1, 0.15) is 18.1 Å². The van der Waals surface area contributed by atoms with Crippen LogP contribution in [0.2, 0.25) is 0 Å². The van der Waals surface area contributed by atoms with E-state index in [0.29, 0.717) is 6.29 Å². The lowest BCUT2D eigenvalue weighted by atomic mass is 10.3. The third-order valence-electron chi connectivity index (χ3n) is 1.36. The van der Waals surface area contributed by atoms with Crippen molar-refractivity contribution in [1.29, 1.82) is 0 Å². The van der Waals surface area contributed by atoms with Crippen LogP contribution in [0.15, 0.2) is 24.3 Å². The number of rotatable bonds is 4. The number of carbonyl (C=O) groups excluding carboxylic acids is 1. The summed E-state index contributed by atoms with van der Waals surface area (Å²) >= 11 is 0. The van der Waals surface area contributed by atoms with Gasteiger partial charge >= 0.3 is 6.36 Å². The van der Waals surface area contributed by atoms with Crippen LogP contribution in [0.5, 0.6) is 11.5 Å². The van der Waals surface area contributed by atoms with Crippen molar-refractivity contribution in [3.63, 3.8) is 0 Å². The summed E-state index contributed by atoms with van der Waals surface area (Å²) in [6.45, 7) is -0.213. The molecule has 0 aliphatic heterocycles. The first-order chi connectivity index (χ1) is 7.01. The zero-order valence-electron chi connectivity index (χ0n) is 7.45. The highest BCUT2D eigenvalue weighted by molar-refractivity contribution is 5.51. The number of hydrogen-bond donors (Lipinski definition) is 0. The molecular formula is C9H7F3O3. The molecule has 0 spiro atoms. The van der Waals surface area contributed by atoms with Gasteiger partial charge in [-0.2, -0.15) is 0 Å². The molecule has 1 aromatic carbocycles. The number of carbonyl (C=O) groups is 1. The Morgan fingerprint density at radius 3 is 2.53 bits per heavy atom. The van der Waals surface area contributed by atoms with Crippen LogP contribution in [-0.4, -0.2) is 19.3 Å². The molecule has 0 aliphatic carbocycles. The zero-order valence-corrected chi connectivity index (χ0v) is 7.45. The van der Waals surface area contributed by atoms with Crippen molar-refractivity contribution in [3.8, 4) is 11.5 Å². The number of ether oxygens (including phenoxy) is 2. The quantitative estimate of drug-likeness (QED) is 0.729. The Hall–Kier alpha value is -1.72. The van der Waals surface area contributed by atoms with Crippen molar-refractivity contribution in [2.75, 3.05) is 6.61 Å². The third-order valence-corrected chi connectivity index (χ3v) is 1.36. The summed E-state index contributed by atoms with van der Waals surface area (Å²) in [5.41, 5.74) is 0. The fourth-order valence-corrected chi connectivity index (χ4v) is 0.891. The number of hydrogen-bond acceptors (Lipinski definition) is 3. The molecule has 0 aliphatic rings. The highest BCUT2D eigenvalue weighted by Crippen LogP contribution is 2.25. The maximum Gasteiger partial charge on any atom is 0.573 e. The molecule has 0 unspecified atom stereocenters. The third kappa shape index (κ3) is 4.35. The Morgan fingerprint density at radius 1 is 1.27 bits per heavy atom. The van der Waals surface area contributed by atoms with E-state index >= 15 is 0 Å². The molecule has 6 heteroatoms. The van der Waals surface area contributed by atoms with E-state index in [1.807, 2.05) is 0 Å². The number of alkyl halides is 3. The second-order valence-electron chi connectivity index (χ2n) is 2.50. The van der Waals surface area contributed by atoms with Crippen molar-refractivity contribution >= 4 is 6.29 Å². The summed E-state index contributed by atoms with van der Waals surface area (Å²) in [4.78, 5) is 9.96. The van der Waals surface area contributed by atoms with Gasteiger partial charge in [0.2, 0.25) is 0 Å². The molecule has 0 saturated carbocycles. The normalized spacial score (nSPS) is 10.9. The predicted octanol–water partition coefficient (Wildman–Crippen LogP) is 2.16. The molecule has 0 heterocycles. The van der Waals surface area contributed by atoms with Crippen molar-refractivity contribution in [1.82, 2.24) is 0 Å².